The van der Waals surface area contributed by atoms with Crippen LogP contribution in [0.1, 0.15) is 23.1 Å². The van der Waals surface area contributed by atoms with Gasteiger partial charge < -0.3 is 10.2 Å². The Bertz CT molecular complexity index is 980. The molecule has 0 atom stereocenters. The number of aromatic nitrogens is 2. The molecular weight excluding hydrogens is 461 g/mol. The summed E-state index contributed by atoms with van der Waals surface area (Å²) >= 11 is 11.7. The average Bonchev–Trinajstić information content (AvgIpc) is 2.81. The Balaban J connectivity index is 1.86. The average molecular weight is 473 g/mol. The van der Waals surface area contributed by atoms with Gasteiger partial charge in [0, 0.05) is 19.3 Å². The van der Waals surface area contributed by atoms with Crippen molar-refractivity contribution in [1.82, 2.24) is 14.9 Å². The molecule has 1 N–H and O–H groups in total. The number of anilines is 2. The number of fused-ring (bicyclic) bond motifs is 1. The van der Waals surface area contributed by atoms with Crippen molar-refractivity contribution in [3.8, 4) is 0 Å². The molecule has 0 bridgehead atoms. The van der Waals surface area contributed by atoms with Crippen molar-refractivity contribution in [2.45, 2.75) is 31.7 Å². The number of carbonyl (C=O) groups is 1. The van der Waals surface area contributed by atoms with Crippen molar-refractivity contribution in [3.05, 3.63) is 45.2 Å². The summed E-state index contributed by atoms with van der Waals surface area (Å²) < 4.78 is 76.5. The standard InChI is InChI=1S/C17H12Cl2F6N4O/c18-11-4-9-7-29(14(30)17(23,24)25)3-1-2-8(9)5-12(11)27-15-26-6-10(13(19)28-15)16(20,21)22/h4-6H,1-3,7H2,(H,26,27,28). The highest BCUT2D eigenvalue weighted by molar-refractivity contribution is 6.33. The van der Waals surface area contributed by atoms with E-state index in [1.54, 1.807) is 0 Å². The highest BCUT2D eigenvalue weighted by Crippen LogP contribution is 2.35. The molecule has 0 saturated carbocycles. The number of rotatable bonds is 2. The van der Waals surface area contributed by atoms with E-state index in [0.717, 1.165) is 0 Å². The van der Waals surface area contributed by atoms with Crippen LogP contribution >= 0.6 is 23.2 Å². The Labute approximate surface area is 176 Å². The van der Waals surface area contributed by atoms with Crippen LogP contribution in [0.15, 0.2) is 18.3 Å². The Kier molecular flexibility index (Phi) is 6.06. The molecule has 1 aliphatic rings. The molecule has 0 saturated heterocycles. The molecule has 2 heterocycles. The summed E-state index contributed by atoms with van der Waals surface area (Å²) in [7, 11) is 0. The van der Waals surface area contributed by atoms with Gasteiger partial charge in [0.05, 0.1) is 10.7 Å². The van der Waals surface area contributed by atoms with Crippen molar-refractivity contribution in [1.29, 1.82) is 0 Å². The highest BCUT2D eigenvalue weighted by atomic mass is 35.5. The number of hydrogen-bond donors (Lipinski definition) is 1. The first-order chi connectivity index (χ1) is 13.9. The summed E-state index contributed by atoms with van der Waals surface area (Å²) in [5.41, 5.74) is 0.114. The first-order valence-electron chi connectivity index (χ1n) is 8.40. The minimum absolute atomic E-state index is 0.0645. The largest absolute Gasteiger partial charge is 0.471 e. The molecule has 0 unspecified atom stereocenters. The van der Waals surface area contributed by atoms with E-state index in [1.165, 1.54) is 12.1 Å². The van der Waals surface area contributed by atoms with E-state index in [2.05, 4.69) is 15.3 Å². The number of aryl methyl sites for hydroxylation is 1. The number of benzene rings is 1. The predicted octanol–water partition coefficient (Wildman–Crippen LogP) is 5.38. The third-order valence-corrected chi connectivity index (χ3v) is 4.95. The van der Waals surface area contributed by atoms with E-state index in [1.807, 2.05) is 0 Å². The second-order valence-corrected chi connectivity index (χ2v) is 7.21. The molecule has 5 nitrogen and oxygen atoms in total. The quantitative estimate of drug-likeness (QED) is 0.470. The Morgan fingerprint density at radius 2 is 1.80 bits per heavy atom. The van der Waals surface area contributed by atoms with Crippen molar-refractivity contribution in [2.75, 3.05) is 11.9 Å². The van der Waals surface area contributed by atoms with Crippen LogP contribution in [0.5, 0.6) is 0 Å². The number of nitrogens with zero attached hydrogens (tertiary/aromatic N) is 3. The molecule has 2 aromatic rings. The van der Waals surface area contributed by atoms with E-state index in [4.69, 9.17) is 23.2 Å². The van der Waals surface area contributed by atoms with Crippen molar-refractivity contribution in [3.63, 3.8) is 0 Å². The second kappa shape index (κ2) is 8.10. The van der Waals surface area contributed by atoms with Gasteiger partial charge in [-0.2, -0.15) is 26.3 Å². The van der Waals surface area contributed by atoms with E-state index in [0.29, 0.717) is 35.1 Å². The first-order valence-corrected chi connectivity index (χ1v) is 9.16. The van der Waals surface area contributed by atoms with Crippen LogP contribution < -0.4 is 5.32 Å². The van der Waals surface area contributed by atoms with Crippen LogP contribution in [0.2, 0.25) is 10.2 Å². The number of carbonyl (C=O) groups excluding carboxylic acids is 1. The van der Waals surface area contributed by atoms with Crippen LogP contribution in [0.25, 0.3) is 0 Å². The highest BCUT2D eigenvalue weighted by Gasteiger charge is 2.42. The third-order valence-electron chi connectivity index (χ3n) is 4.35. The minimum atomic E-state index is -4.98. The van der Waals surface area contributed by atoms with E-state index in [-0.39, 0.29) is 29.7 Å². The van der Waals surface area contributed by atoms with Gasteiger partial charge in [0.2, 0.25) is 5.95 Å². The number of alkyl halides is 6. The molecule has 1 aromatic carbocycles. The summed E-state index contributed by atoms with van der Waals surface area (Å²) in [6.07, 6.45) is -8.50. The topological polar surface area (TPSA) is 58.1 Å². The molecule has 0 aliphatic carbocycles. The molecule has 30 heavy (non-hydrogen) atoms. The summed E-state index contributed by atoms with van der Waals surface area (Å²) in [6, 6.07) is 2.93. The van der Waals surface area contributed by atoms with Gasteiger partial charge in [0.1, 0.15) is 10.7 Å². The maximum atomic E-state index is 12.8. The fourth-order valence-electron chi connectivity index (χ4n) is 2.96. The minimum Gasteiger partial charge on any atom is -0.331 e. The number of halogens is 8. The molecule has 1 aliphatic heterocycles. The summed E-state index contributed by atoms with van der Waals surface area (Å²) in [6.45, 7) is -0.346. The SMILES string of the molecule is O=C(N1CCCc2cc(Nc3ncc(C(F)(F)F)c(Cl)n3)c(Cl)cc2C1)C(F)(F)F. The van der Waals surface area contributed by atoms with Gasteiger partial charge in [-0.05, 0) is 36.1 Å². The zero-order chi connectivity index (χ0) is 22.3. The maximum Gasteiger partial charge on any atom is 0.471 e. The van der Waals surface area contributed by atoms with Crippen LogP contribution in [-0.4, -0.2) is 33.5 Å². The Morgan fingerprint density at radius 3 is 2.40 bits per heavy atom. The fourth-order valence-corrected chi connectivity index (χ4v) is 3.43. The first kappa shape index (κ1) is 22.4. The van der Waals surface area contributed by atoms with Crippen LogP contribution in [0.4, 0.5) is 38.0 Å². The van der Waals surface area contributed by atoms with Crippen molar-refractivity contribution < 1.29 is 31.1 Å². The fraction of sp³-hybridized carbons (Fsp3) is 0.353. The molecule has 0 spiro atoms. The number of nitrogens with one attached hydrogen (secondary N) is 1. The van der Waals surface area contributed by atoms with Gasteiger partial charge in [0.25, 0.3) is 0 Å². The van der Waals surface area contributed by atoms with Gasteiger partial charge >= 0.3 is 18.3 Å². The van der Waals surface area contributed by atoms with E-state index >= 15 is 0 Å². The lowest BCUT2D eigenvalue weighted by molar-refractivity contribution is -0.186. The molecule has 0 fully saturated rings. The molecule has 3 rings (SSSR count). The Hall–Kier alpha value is -2.27. The predicted molar refractivity (Wildman–Crippen MR) is 96.6 cm³/mol. The van der Waals surface area contributed by atoms with Crippen molar-refractivity contribution >= 4 is 40.7 Å². The monoisotopic (exact) mass is 472 g/mol. The number of amides is 1. The van der Waals surface area contributed by atoms with Crippen LogP contribution in [-0.2, 0) is 23.9 Å². The van der Waals surface area contributed by atoms with Gasteiger partial charge in [-0.15, -0.1) is 0 Å². The molecule has 1 aromatic heterocycles. The maximum absolute atomic E-state index is 12.8. The van der Waals surface area contributed by atoms with Crippen LogP contribution in [0.3, 0.4) is 0 Å². The smallest absolute Gasteiger partial charge is 0.331 e. The molecule has 0 radical (unpaired) electrons. The summed E-state index contributed by atoms with van der Waals surface area (Å²) in [4.78, 5) is 19.4. The third kappa shape index (κ3) is 4.89. The summed E-state index contributed by atoms with van der Waals surface area (Å²) in [5.74, 6) is -2.17. The van der Waals surface area contributed by atoms with E-state index in [9.17, 15) is 31.1 Å². The van der Waals surface area contributed by atoms with Gasteiger partial charge in [0.15, 0.2) is 0 Å². The lowest BCUT2D eigenvalue weighted by Crippen LogP contribution is -2.40. The van der Waals surface area contributed by atoms with Gasteiger partial charge in [-0.1, -0.05) is 23.2 Å². The zero-order valence-corrected chi connectivity index (χ0v) is 16.3. The lowest BCUT2D eigenvalue weighted by atomic mass is 10.0. The molecule has 13 heteroatoms. The molecular formula is C17H12Cl2F6N4O. The Morgan fingerprint density at radius 1 is 1.10 bits per heavy atom. The van der Waals surface area contributed by atoms with Crippen molar-refractivity contribution in [2.24, 2.45) is 0 Å². The van der Waals surface area contributed by atoms with E-state index < -0.39 is 29.0 Å². The zero-order valence-electron chi connectivity index (χ0n) is 14.8. The normalized spacial score (nSPS) is 14.9. The van der Waals surface area contributed by atoms with Gasteiger partial charge in [-0.25, -0.2) is 9.97 Å². The molecule has 1 amide bonds. The van der Waals surface area contributed by atoms with Gasteiger partial charge in [-0.3, -0.25) is 4.79 Å². The number of hydrogen-bond acceptors (Lipinski definition) is 4. The lowest BCUT2D eigenvalue weighted by Gasteiger charge is -2.22. The van der Waals surface area contributed by atoms with Crippen LogP contribution in [0, 0.1) is 0 Å². The summed E-state index contributed by atoms with van der Waals surface area (Å²) in [5, 5.41) is 1.92. The molecule has 162 valence electrons. The second-order valence-electron chi connectivity index (χ2n) is 6.45.